The predicted molar refractivity (Wildman–Crippen MR) is 226 cm³/mol. The highest BCUT2D eigenvalue weighted by atomic mass is 15.1. The van der Waals surface area contributed by atoms with E-state index in [1.54, 1.807) is 0 Å². The van der Waals surface area contributed by atoms with E-state index in [9.17, 15) is 0 Å². The molecule has 0 radical (unpaired) electrons. The van der Waals surface area contributed by atoms with Gasteiger partial charge in [-0.25, -0.2) is 9.97 Å². The molecule has 0 atom stereocenters. The molecule has 0 spiro atoms. The summed E-state index contributed by atoms with van der Waals surface area (Å²) in [4.78, 5) is 11.0. The van der Waals surface area contributed by atoms with Crippen molar-refractivity contribution in [2.45, 2.75) is 0 Å². The molecule has 0 amide bonds. The third-order valence-electron chi connectivity index (χ3n) is 11.8. The van der Waals surface area contributed by atoms with Crippen molar-refractivity contribution < 1.29 is 0 Å². The van der Waals surface area contributed by atoms with Gasteiger partial charge in [-0.05, 0) is 57.3 Å². The fourth-order valence-corrected chi connectivity index (χ4v) is 9.55. The van der Waals surface area contributed by atoms with Crippen molar-refractivity contribution in [2.75, 3.05) is 0 Å². The molecule has 0 saturated heterocycles. The quantitative estimate of drug-likeness (QED) is 0.170. The predicted octanol–water partition coefficient (Wildman–Crippen LogP) is 13.0. The Labute approximate surface area is 308 Å². The van der Waals surface area contributed by atoms with E-state index in [-0.39, 0.29) is 0 Å². The Morgan fingerprint density at radius 2 is 1.02 bits per heavy atom. The molecule has 0 N–H and O–H groups in total. The summed E-state index contributed by atoms with van der Waals surface area (Å²) in [5.74, 6) is 0.826. The zero-order valence-electron chi connectivity index (χ0n) is 29.0. The molecule has 4 heterocycles. The Morgan fingerprint density at radius 3 is 1.87 bits per heavy atom. The van der Waals surface area contributed by atoms with Crippen LogP contribution in [0, 0.1) is 0 Å². The Kier molecular flexibility index (Phi) is 5.34. The normalized spacial score (nSPS) is 12.4. The van der Waals surface area contributed by atoms with Crippen LogP contribution in [0.4, 0.5) is 0 Å². The van der Waals surface area contributed by atoms with Gasteiger partial charge in [-0.1, -0.05) is 140 Å². The highest BCUT2D eigenvalue weighted by molar-refractivity contribution is 6.36. The van der Waals surface area contributed by atoms with Crippen molar-refractivity contribution in [2.24, 2.45) is 0 Å². The van der Waals surface area contributed by atoms with Gasteiger partial charge >= 0.3 is 0 Å². The molecular weight excluding hydrogens is 657 g/mol. The zero-order chi connectivity index (χ0) is 35.1. The minimum absolute atomic E-state index is 0.826. The first-order valence-electron chi connectivity index (χ1n) is 18.5. The maximum absolute atomic E-state index is 5.62. The summed E-state index contributed by atoms with van der Waals surface area (Å²) in [5, 5.41) is 14.7. The van der Waals surface area contributed by atoms with E-state index in [0.29, 0.717) is 0 Å². The molecule has 0 aliphatic heterocycles. The van der Waals surface area contributed by atoms with E-state index in [0.717, 1.165) is 49.9 Å². The molecule has 0 unspecified atom stereocenters. The van der Waals surface area contributed by atoms with Gasteiger partial charge in [-0.15, -0.1) is 0 Å². The van der Waals surface area contributed by atoms with Gasteiger partial charge in [0.25, 0.3) is 0 Å². The van der Waals surface area contributed by atoms with Crippen LogP contribution in [0.15, 0.2) is 170 Å². The SMILES string of the molecule is c1ccc(-c2nc3ccc4ccccc4c3nc2-n2c3cccc4c5cc6ccccc6c6c7ccc8ccccc8c7n(c7cccc2c7c43)c56)cc1. The second-order valence-corrected chi connectivity index (χ2v) is 14.5. The van der Waals surface area contributed by atoms with Gasteiger partial charge in [-0.3, -0.25) is 4.57 Å². The fraction of sp³-hybridized carbons (Fsp3) is 0. The Bertz CT molecular complexity index is 3720. The second-order valence-electron chi connectivity index (χ2n) is 14.5. The summed E-state index contributed by atoms with van der Waals surface area (Å²) >= 11 is 0. The van der Waals surface area contributed by atoms with Gasteiger partial charge in [0.05, 0.1) is 38.6 Å². The molecule has 0 aliphatic rings. The van der Waals surface area contributed by atoms with Crippen LogP contribution in [0.5, 0.6) is 0 Å². The smallest absolute Gasteiger partial charge is 0.165 e. The largest absolute Gasteiger partial charge is 0.307 e. The minimum Gasteiger partial charge on any atom is -0.307 e. The highest BCUT2D eigenvalue weighted by Crippen LogP contribution is 2.47. The molecule has 9 aromatic carbocycles. The van der Waals surface area contributed by atoms with E-state index in [1.807, 2.05) is 0 Å². The van der Waals surface area contributed by atoms with Crippen molar-refractivity contribution in [3.05, 3.63) is 170 Å². The lowest BCUT2D eigenvalue weighted by molar-refractivity contribution is 1.08. The Hall–Kier alpha value is -7.30. The van der Waals surface area contributed by atoms with Gasteiger partial charge in [-0.2, -0.15) is 0 Å². The molecule has 0 saturated carbocycles. The van der Waals surface area contributed by atoms with Crippen molar-refractivity contribution in [3.63, 3.8) is 0 Å². The Morgan fingerprint density at radius 1 is 0.370 bits per heavy atom. The number of fused-ring (bicyclic) bond motifs is 12. The third kappa shape index (κ3) is 3.52. The first-order valence-corrected chi connectivity index (χ1v) is 18.5. The molecule has 13 aromatic rings. The van der Waals surface area contributed by atoms with Crippen LogP contribution in [0.1, 0.15) is 0 Å². The summed E-state index contributed by atoms with van der Waals surface area (Å²) in [5.41, 5.74) is 9.56. The van der Waals surface area contributed by atoms with E-state index < -0.39 is 0 Å². The van der Waals surface area contributed by atoms with E-state index >= 15 is 0 Å². The van der Waals surface area contributed by atoms with Crippen LogP contribution in [0.25, 0.3) is 120 Å². The van der Waals surface area contributed by atoms with Gasteiger partial charge in [0.15, 0.2) is 5.82 Å². The molecule has 0 bridgehead atoms. The summed E-state index contributed by atoms with van der Waals surface area (Å²) < 4.78 is 4.94. The number of rotatable bonds is 2. The van der Waals surface area contributed by atoms with Crippen LogP contribution >= 0.6 is 0 Å². The topological polar surface area (TPSA) is 35.1 Å². The zero-order valence-corrected chi connectivity index (χ0v) is 29.0. The van der Waals surface area contributed by atoms with Gasteiger partial charge < -0.3 is 4.40 Å². The number of hydrogen-bond donors (Lipinski definition) is 0. The molecule has 0 aliphatic carbocycles. The summed E-state index contributed by atoms with van der Waals surface area (Å²) in [6, 6.07) is 61.6. The summed E-state index contributed by atoms with van der Waals surface area (Å²) in [7, 11) is 0. The number of nitrogens with zero attached hydrogens (tertiary/aromatic N) is 4. The van der Waals surface area contributed by atoms with Gasteiger partial charge in [0, 0.05) is 43.3 Å². The molecular formula is C50H28N4. The lowest BCUT2D eigenvalue weighted by atomic mass is 9.97. The highest BCUT2D eigenvalue weighted by Gasteiger charge is 2.26. The van der Waals surface area contributed by atoms with Crippen molar-refractivity contribution in [1.82, 2.24) is 18.9 Å². The lowest BCUT2D eigenvalue weighted by Crippen LogP contribution is -2.04. The Balaban J connectivity index is 1.31. The first-order chi connectivity index (χ1) is 26.8. The average molecular weight is 685 g/mol. The van der Waals surface area contributed by atoms with Crippen LogP contribution in [-0.4, -0.2) is 18.9 Å². The van der Waals surface area contributed by atoms with Crippen LogP contribution < -0.4 is 0 Å². The monoisotopic (exact) mass is 684 g/mol. The number of benzene rings is 9. The van der Waals surface area contributed by atoms with E-state index in [1.165, 1.54) is 70.4 Å². The molecule has 248 valence electrons. The van der Waals surface area contributed by atoms with Crippen LogP contribution in [0.3, 0.4) is 0 Å². The maximum atomic E-state index is 5.62. The van der Waals surface area contributed by atoms with Crippen LogP contribution in [-0.2, 0) is 0 Å². The van der Waals surface area contributed by atoms with E-state index in [2.05, 4.69) is 179 Å². The maximum Gasteiger partial charge on any atom is 0.165 e. The van der Waals surface area contributed by atoms with Crippen molar-refractivity contribution >= 4 is 103 Å². The molecule has 4 nitrogen and oxygen atoms in total. The first kappa shape index (κ1) is 28.3. The summed E-state index contributed by atoms with van der Waals surface area (Å²) in [6.07, 6.45) is 0. The summed E-state index contributed by atoms with van der Waals surface area (Å²) in [6.45, 7) is 0. The molecule has 0 fully saturated rings. The van der Waals surface area contributed by atoms with Gasteiger partial charge in [0.1, 0.15) is 5.69 Å². The number of aromatic nitrogens is 4. The fourth-order valence-electron chi connectivity index (χ4n) is 9.55. The molecule has 4 heteroatoms. The van der Waals surface area contributed by atoms with E-state index in [4.69, 9.17) is 9.97 Å². The van der Waals surface area contributed by atoms with Crippen molar-refractivity contribution in [1.29, 1.82) is 0 Å². The third-order valence-corrected chi connectivity index (χ3v) is 11.8. The lowest BCUT2D eigenvalue weighted by Gasteiger charge is -2.15. The van der Waals surface area contributed by atoms with Gasteiger partial charge in [0.2, 0.25) is 0 Å². The second kappa shape index (κ2) is 10.2. The molecule has 13 rings (SSSR count). The molecule has 54 heavy (non-hydrogen) atoms. The van der Waals surface area contributed by atoms with Crippen LogP contribution in [0.2, 0.25) is 0 Å². The van der Waals surface area contributed by atoms with Crippen molar-refractivity contribution in [3.8, 4) is 17.1 Å². The average Bonchev–Trinajstić information content (AvgIpc) is 3.73. The standard InChI is InChI=1S/C50H28N4/c1-2-14-31(15-3-1)46-50(52-47-34-18-8-4-12-29(34)25-27-39(47)51-46)53-40-21-10-20-36-38-28-32-16-6-7-17-33(32)43-37-26-24-30-13-5-9-19-35(30)48(37)54(49(38)43)42-23-11-22-41(53)45(42)44(36)40/h1-28H. The minimum atomic E-state index is 0.826. The number of hydrogen-bond acceptors (Lipinski definition) is 2. The molecule has 4 aromatic heterocycles.